The number of nitrogens with zero attached hydrogens (tertiary/aromatic N) is 1. The number of rotatable bonds is 2. The van der Waals surface area contributed by atoms with Gasteiger partial charge in [-0.05, 0) is 24.1 Å². The maximum atomic E-state index is 12.3. The van der Waals surface area contributed by atoms with E-state index in [0.717, 1.165) is 37.3 Å². The van der Waals surface area contributed by atoms with E-state index in [-0.39, 0.29) is 5.91 Å². The van der Waals surface area contributed by atoms with Crippen molar-refractivity contribution in [3.63, 3.8) is 0 Å². The summed E-state index contributed by atoms with van der Waals surface area (Å²) >= 11 is 0. The summed E-state index contributed by atoms with van der Waals surface area (Å²) in [5.41, 5.74) is 3.45. The number of aryl methyl sites for hydroxylation is 1. The number of carbonyl (C=O) groups is 1. The van der Waals surface area contributed by atoms with E-state index in [1.807, 2.05) is 17.2 Å². The van der Waals surface area contributed by atoms with Crippen molar-refractivity contribution in [3.8, 4) is 0 Å². The number of aromatic amines is 1. The molecule has 1 aromatic heterocycles. The van der Waals surface area contributed by atoms with E-state index in [2.05, 4.69) is 29.4 Å². The number of fused-ring (bicyclic) bond motifs is 1. The molecule has 0 spiro atoms. The zero-order valence-electron chi connectivity index (χ0n) is 11.2. The second kappa shape index (κ2) is 5.05. The summed E-state index contributed by atoms with van der Waals surface area (Å²) in [6, 6.07) is 6.19. The van der Waals surface area contributed by atoms with Crippen molar-refractivity contribution in [2.75, 3.05) is 26.2 Å². The topological polar surface area (TPSA) is 48.1 Å². The van der Waals surface area contributed by atoms with E-state index in [0.29, 0.717) is 6.42 Å². The molecule has 2 N–H and O–H groups in total. The predicted octanol–water partition coefficient (Wildman–Crippen LogP) is 1.45. The van der Waals surface area contributed by atoms with Crippen molar-refractivity contribution in [2.24, 2.45) is 0 Å². The van der Waals surface area contributed by atoms with Gasteiger partial charge in [-0.2, -0.15) is 0 Å². The molecule has 1 saturated heterocycles. The Hall–Kier alpha value is -1.81. The molecule has 0 unspecified atom stereocenters. The largest absolute Gasteiger partial charge is 0.361 e. The molecule has 1 aliphatic rings. The number of aromatic nitrogens is 1. The minimum atomic E-state index is 0.227. The van der Waals surface area contributed by atoms with Gasteiger partial charge in [0.2, 0.25) is 5.91 Å². The van der Waals surface area contributed by atoms with Gasteiger partial charge in [0.1, 0.15) is 0 Å². The summed E-state index contributed by atoms with van der Waals surface area (Å²) in [7, 11) is 0. The Kier molecular flexibility index (Phi) is 3.25. The third-order valence-corrected chi connectivity index (χ3v) is 3.81. The van der Waals surface area contributed by atoms with Crippen molar-refractivity contribution < 1.29 is 4.79 Å². The molecular formula is C15H19N3O. The fourth-order valence-electron chi connectivity index (χ4n) is 2.78. The first-order valence-electron chi connectivity index (χ1n) is 6.80. The summed E-state index contributed by atoms with van der Waals surface area (Å²) in [5, 5.41) is 4.47. The molecule has 1 aliphatic heterocycles. The number of piperazine rings is 1. The highest BCUT2D eigenvalue weighted by atomic mass is 16.2. The number of hydrogen-bond donors (Lipinski definition) is 2. The summed E-state index contributed by atoms with van der Waals surface area (Å²) in [4.78, 5) is 17.5. The van der Waals surface area contributed by atoms with Crippen LogP contribution in [0.4, 0.5) is 0 Å². The van der Waals surface area contributed by atoms with E-state index in [1.165, 1.54) is 10.9 Å². The molecule has 1 amide bonds. The Morgan fingerprint density at radius 3 is 2.89 bits per heavy atom. The van der Waals surface area contributed by atoms with Gasteiger partial charge >= 0.3 is 0 Å². The van der Waals surface area contributed by atoms with Crippen LogP contribution in [0.5, 0.6) is 0 Å². The molecule has 19 heavy (non-hydrogen) atoms. The van der Waals surface area contributed by atoms with Crippen LogP contribution in [0.1, 0.15) is 11.1 Å². The number of H-pyrrole nitrogens is 1. The molecule has 100 valence electrons. The molecule has 3 rings (SSSR count). The molecule has 0 atom stereocenters. The summed E-state index contributed by atoms with van der Waals surface area (Å²) in [5.74, 6) is 0.227. The first kappa shape index (κ1) is 12.2. The quantitative estimate of drug-likeness (QED) is 0.855. The zero-order chi connectivity index (χ0) is 13.2. The lowest BCUT2D eigenvalue weighted by molar-refractivity contribution is -0.131. The van der Waals surface area contributed by atoms with Crippen LogP contribution in [0.25, 0.3) is 10.9 Å². The third-order valence-electron chi connectivity index (χ3n) is 3.81. The minimum Gasteiger partial charge on any atom is -0.361 e. The molecule has 1 aromatic carbocycles. The van der Waals surface area contributed by atoms with E-state index in [1.54, 1.807) is 0 Å². The summed E-state index contributed by atoms with van der Waals surface area (Å²) in [6.07, 6.45) is 2.46. The second-order valence-corrected chi connectivity index (χ2v) is 5.12. The van der Waals surface area contributed by atoms with Crippen LogP contribution in [-0.2, 0) is 11.2 Å². The molecule has 0 saturated carbocycles. The van der Waals surface area contributed by atoms with Gasteiger partial charge in [-0.15, -0.1) is 0 Å². The minimum absolute atomic E-state index is 0.227. The van der Waals surface area contributed by atoms with Gasteiger partial charge in [0.05, 0.1) is 6.42 Å². The average Bonchev–Trinajstić information content (AvgIpc) is 2.84. The van der Waals surface area contributed by atoms with E-state index >= 15 is 0 Å². The molecule has 2 aromatic rings. The van der Waals surface area contributed by atoms with E-state index in [4.69, 9.17) is 0 Å². The number of nitrogens with one attached hydrogen (secondary N) is 2. The third kappa shape index (κ3) is 2.36. The molecule has 1 fully saturated rings. The molecule has 4 nitrogen and oxygen atoms in total. The number of hydrogen-bond acceptors (Lipinski definition) is 2. The van der Waals surface area contributed by atoms with Crippen LogP contribution in [-0.4, -0.2) is 42.0 Å². The first-order valence-corrected chi connectivity index (χ1v) is 6.80. The van der Waals surface area contributed by atoms with Crippen LogP contribution in [0.3, 0.4) is 0 Å². The first-order chi connectivity index (χ1) is 9.25. The van der Waals surface area contributed by atoms with Gasteiger partial charge in [0.25, 0.3) is 0 Å². The smallest absolute Gasteiger partial charge is 0.227 e. The van der Waals surface area contributed by atoms with Gasteiger partial charge in [-0.25, -0.2) is 0 Å². The van der Waals surface area contributed by atoms with Crippen LogP contribution < -0.4 is 5.32 Å². The Morgan fingerprint density at radius 2 is 2.11 bits per heavy atom. The lowest BCUT2D eigenvalue weighted by Crippen LogP contribution is -2.46. The van der Waals surface area contributed by atoms with Crippen molar-refractivity contribution in [1.82, 2.24) is 15.2 Å². The van der Waals surface area contributed by atoms with Crippen molar-refractivity contribution in [2.45, 2.75) is 13.3 Å². The van der Waals surface area contributed by atoms with Crippen LogP contribution >= 0.6 is 0 Å². The predicted molar refractivity (Wildman–Crippen MR) is 76.2 cm³/mol. The second-order valence-electron chi connectivity index (χ2n) is 5.12. The van der Waals surface area contributed by atoms with Crippen molar-refractivity contribution >= 4 is 16.8 Å². The molecule has 2 heterocycles. The average molecular weight is 257 g/mol. The number of benzene rings is 1. The fourth-order valence-corrected chi connectivity index (χ4v) is 2.78. The van der Waals surface area contributed by atoms with Gasteiger partial charge in [0.15, 0.2) is 0 Å². The molecule has 0 radical (unpaired) electrons. The van der Waals surface area contributed by atoms with Gasteiger partial charge in [-0.1, -0.05) is 12.1 Å². The monoisotopic (exact) mass is 257 g/mol. The Bertz CT molecular complexity index is 596. The Morgan fingerprint density at radius 1 is 1.32 bits per heavy atom. The lowest BCUT2D eigenvalue weighted by Gasteiger charge is -2.27. The highest BCUT2D eigenvalue weighted by Gasteiger charge is 2.18. The molecule has 4 heteroatoms. The van der Waals surface area contributed by atoms with Crippen molar-refractivity contribution in [1.29, 1.82) is 0 Å². The van der Waals surface area contributed by atoms with Crippen LogP contribution in [0, 0.1) is 6.92 Å². The molecular weight excluding hydrogens is 238 g/mol. The van der Waals surface area contributed by atoms with Gasteiger partial charge in [0, 0.05) is 43.3 Å². The van der Waals surface area contributed by atoms with Gasteiger partial charge in [-0.3, -0.25) is 4.79 Å². The highest BCUT2D eigenvalue weighted by molar-refractivity contribution is 5.91. The van der Waals surface area contributed by atoms with Crippen LogP contribution in [0.15, 0.2) is 24.4 Å². The summed E-state index contributed by atoms with van der Waals surface area (Å²) < 4.78 is 0. The maximum Gasteiger partial charge on any atom is 0.227 e. The zero-order valence-corrected chi connectivity index (χ0v) is 11.2. The standard InChI is InChI=1S/C15H19N3O/c1-11-3-2-4-13-15(11)12(10-17-13)9-14(19)18-7-5-16-6-8-18/h2-4,10,16-17H,5-9H2,1H3. The maximum absolute atomic E-state index is 12.3. The SMILES string of the molecule is Cc1cccc2[nH]cc(CC(=O)N3CCNCC3)c12. The number of carbonyl (C=O) groups excluding carboxylic acids is 1. The molecule has 0 bridgehead atoms. The number of amides is 1. The normalized spacial score (nSPS) is 15.9. The fraction of sp³-hybridized carbons (Fsp3) is 0.400. The Balaban J connectivity index is 1.83. The van der Waals surface area contributed by atoms with Crippen LogP contribution in [0.2, 0.25) is 0 Å². The summed E-state index contributed by atoms with van der Waals surface area (Å²) in [6.45, 7) is 5.53. The highest BCUT2D eigenvalue weighted by Crippen LogP contribution is 2.22. The van der Waals surface area contributed by atoms with Gasteiger partial charge < -0.3 is 15.2 Å². The Labute approximate surface area is 112 Å². The lowest BCUT2D eigenvalue weighted by atomic mass is 10.0. The van der Waals surface area contributed by atoms with E-state index in [9.17, 15) is 4.79 Å². The molecule has 0 aliphatic carbocycles. The van der Waals surface area contributed by atoms with E-state index < -0.39 is 0 Å². The van der Waals surface area contributed by atoms with Crippen molar-refractivity contribution in [3.05, 3.63) is 35.5 Å².